The predicted molar refractivity (Wildman–Crippen MR) is 61.0 cm³/mol. The Morgan fingerprint density at radius 2 is 1.73 bits per heavy atom. The molecule has 0 saturated carbocycles. The molecule has 0 saturated heterocycles. The van der Waals surface area contributed by atoms with Gasteiger partial charge in [0.2, 0.25) is 0 Å². The average Bonchev–Trinajstić information content (AvgIpc) is 2.13. The van der Waals surface area contributed by atoms with Crippen LogP contribution in [0.5, 0.6) is 5.88 Å². The molecule has 1 N–H and O–H groups in total. The van der Waals surface area contributed by atoms with Gasteiger partial charge in [0.05, 0.1) is 0 Å². The number of nitrogens with zero attached hydrogens (tertiary/aromatic N) is 2. The summed E-state index contributed by atoms with van der Waals surface area (Å²) in [6.45, 7) is 3.32. The van der Waals surface area contributed by atoms with E-state index >= 15 is 0 Å². The van der Waals surface area contributed by atoms with Crippen LogP contribution in [-0.2, 0) is 7.05 Å². The Morgan fingerprint density at radius 1 is 1.27 bits per heavy atom. The molecule has 0 bridgehead atoms. The molecule has 0 fully saturated rings. The normalized spacial score (nSPS) is 8.40. The zero-order chi connectivity index (χ0) is 10.2. The van der Waals surface area contributed by atoms with Crippen LogP contribution < -0.4 is 5.56 Å². The Bertz CT molecular complexity index is 453. The summed E-state index contributed by atoms with van der Waals surface area (Å²) in [6.07, 6.45) is 0. The first-order valence-electron chi connectivity index (χ1n) is 3.80. The smallest absolute Gasteiger partial charge is 0.271 e. The summed E-state index contributed by atoms with van der Waals surface area (Å²) in [6, 6.07) is 1.83. The number of hydrogen-bond acceptors (Lipinski definition) is 3. The summed E-state index contributed by atoms with van der Waals surface area (Å²) < 4.78 is 1.07. The predicted octanol–water partition coefficient (Wildman–Crippen LogP) is 1.85. The average molecular weight is 210 g/mol. The maximum atomic E-state index is 11.4. The monoisotopic (exact) mass is 210 g/mol. The fourth-order valence-electron chi connectivity index (χ4n) is 1.16. The molecule has 84 valence electrons. The quantitative estimate of drug-likeness (QED) is 0.710. The molecule has 4 nitrogen and oxygen atoms in total. The van der Waals surface area contributed by atoms with Crippen LogP contribution in [0.3, 0.4) is 0 Å². The zero-order valence-electron chi connectivity index (χ0n) is 7.75. The van der Waals surface area contributed by atoms with Crippen LogP contribution in [0.1, 0.15) is 31.5 Å². The van der Waals surface area contributed by atoms with Crippen molar-refractivity contribution in [1.29, 1.82) is 5.26 Å². The van der Waals surface area contributed by atoms with Crippen molar-refractivity contribution in [3.8, 4) is 11.9 Å². The minimum atomic E-state index is -0.455. The van der Waals surface area contributed by atoms with Gasteiger partial charge in [0.15, 0.2) is 5.88 Å². The molecule has 4 heteroatoms. The largest absolute Gasteiger partial charge is 0.494 e. The van der Waals surface area contributed by atoms with E-state index in [-0.39, 0.29) is 26.3 Å². The molecule has 1 rings (SSSR count). The lowest BCUT2D eigenvalue weighted by Gasteiger charge is -2.08. The molecular weight excluding hydrogens is 192 g/mol. The van der Waals surface area contributed by atoms with E-state index < -0.39 is 5.56 Å². The van der Waals surface area contributed by atoms with Gasteiger partial charge in [-0.15, -0.1) is 0 Å². The van der Waals surface area contributed by atoms with Gasteiger partial charge in [0, 0.05) is 12.6 Å². The Hall–Kier alpha value is -1.76. The zero-order valence-corrected chi connectivity index (χ0v) is 7.75. The number of aromatic nitrogens is 1. The van der Waals surface area contributed by atoms with Crippen LogP contribution in [0, 0.1) is 25.2 Å². The van der Waals surface area contributed by atoms with Crippen LogP contribution >= 0.6 is 0 Å². The third-order valence-corrected chi connectivity index (χ3v) is 2.22. The van der Waals surface area contributed by atoms with Gasteiger partial charge < -0.3 is 5.11 Å². The minimum absolute atomic E-state index is 0. The van der Waals surface area contributed by atoms with Crippen molar-refractivity contribution in [2.45, 2.75) is 28.7 Å². The third kappa shape index (κ3) is 2.18. The molecule has 15 heavy (non-hydrogen) atoms. The van der Waals surface area contributed by atoms with Crippen LogP contribution in [0.2, 0.25) is 0 Å². The molecule has 0 aliphatic carbocycles. The summed E-state index contributed by atoms with van der Waals surface area (Å²) >= 11 is 0. The second-order valence-corrected chi connectivity index (χ2v) is 2.92. The van der Waals surface area contributed by atoms with E-state index in [4.69, 9.17) is 5.26 Å². The fourth-order valence-corrected chi connectivity index (χ4v) is 1.16. The second kappa shape index (κ2) is 5.20. The lowest BCUT2D eigenvalue weighted by Crippen LogP contribution is -2.21. The Balaban J connectivity index is 0. The van der Waals surface area contributed by atoms with Gasteiger partial charge in [0.1, 0.15) is 11.6 Å². The lowest BCUT2D eigenvalue weighted by atomic mass is 10.1. The molecule has 0 spiro atoms. The van der Waals surface area contributed by atoms with E-state index in [1.165, 1.54) is 7.05 Å². The molecular formula is C11H18N2O2. The lowest BCUT2D eigenvalue weighted by molar-refractivity contribution is 0.417. The van der Waals surface area contributed by atoms with E-state index in [9.17, 15) is 9.90 Å². The Kier molecular flexibility index (Phi) is 5.45. The number of rotatable bonds is 0. The third-order valence-electron chi connectivity index (χ3n) is 2.22. The van der Waals surface area contributed by atoms with Crippen molar-refractivity contribution >= 4 is 0 Å². The number of pyridine rings is 1. The highest BCUT2D eigenvalue weighted by Crippen LogP contribution is 2.18. The van der Waals surface area contributed by atoms with Crippen LogP contribution in [-0.4, -0.2) is 9.67 Å². The van der Waals surface area contributed by atoms with Crippen molar-refractivity contribution in [1.82, 2.24) is 4.57 Å². The van der Waals surface area contributed by atoms with Crippen LogP contribution in [0.15, 0.2) is 4.79 Å². The SMILES string of the molecule is C.C.Cc1c(C)c(O)n(C)c(=O)c1C#N. The molecule has 0 radical (unpaired) electrons. The molecule has 0 atom stereocenters. The molecule has 1 heterocycles. The van der Waals surface area contributed by atoms with Crippen molar-refractivity contribution in [3.05, 3.63) is 27.0 Å². The number of nitriles is 1. The first-order chi connectivity index (χ1) is 6.00. The molecule has 0 amide bonds. The maximum Gasteiger partial charge on any atom is 0.271 e. The van der Waals surface area contributed by atoms with Crippen LogP contribution in [0.4, 0.5) is 0 Å². The van der Waals surface area contributed by atoms with Crippen molar-refractivity contribution in [2.24, 2.45) is 7.05 Å². The van der Waals surface area contributed by atoms with Crippen molar-refractivity contribution in [2.75, 3.05) is 0 Å². The molecule has 0 unspecified atom stereocenters. The number of aromatic hydroxyl groups is 1. The second-order valence-electron chi connectivity index (χ2n) is 2.92. The Labute approximate surface area is 90.4 Å². The van der Waals surface area contributed by atoms with E-state index in [0.717, 1.165) is 4.57 Å². The molecule has 0 aromatic carbocycles. The van der Waals surface area contributed by atoms with Gasteiger partial charge in [-0.05, 0) is 19.4 Å². The summed E-state index contributed by atoms with van der Waals surface area (Å²) in [5.74, 6) is -0.0819. The fraction of sp³-hybridized carbons (Fsp3) is 0.455. The summed E-state index contributed by atoms with van der Waals surface area (Å²) in [7, 11) is 1.44. The van der Waals surface area contributed by atoms with Crippen molar-refractivity contribution in [3.63, 3.8) is 0 Å². The summed E-state index contributed by atoms with van der Waals surface area (Å²) in [4.78, 5) is 11.4. The maximum absolute atomic E-state index is 11.4. The van der Waals surface area contributed by atoms with Gasteiger partial charge in [-0.3, -0.25) is 9.36 Å². The Morgan fingerprint density at radius 3 is 2.13 bits per heavy atom. The summed E-state index contributed by atoms with van der Waals surface area (Å²) in [5, 5.41) is 18.1. The molecule has 0 aliphatic rings. The van der Waals surface area contributed by atoms with E-state index in [0.29, 0.717) is 11.1 Å². The standard InChI is InChI=1S/C9H10N2O2.2CH4/c1-5-6(2)8(12)11(3)9(13)7(5)4-10;;/h12H,1-3H3;2*1H4. The van der Waals surface area contributed by atoms with Gasteiger partial charge in [-0.2, -0.15) is 5.26 Å². The topological polar surface area (TPSA) is 66.0 Å². The van der Waals surface area contributed by atoms with Crippen molar-refractivity contribution < 1.29 is 5.11 Å². The highest BCUT2D eigenvalue weighted by molar-refractivity contribution is 5.44. The highest BCUT2D eigenvalue weighted by Gasteiger charge is 2.12. The minimum Gasteiger partial charge on any atom is -0.494 e. The summed E-state index contributed by atoms with van der Waals surface area (Å²) in [5.41, 5.74) is 0.752. The van der Waals surface area contributed by atoms with Gasteiger partial charge in [0.25, 0.3) is 5.56 Å². The van der Waals surface area contributed by atoms with E-state index in [1.54, 1.807) is 13.8 Å². The molecule has 1 aromatic heterocycles. The highest BCUT2D eigenvalue weighted by atomic mass is 16.3. The first-order valence-corrected chi connectivity index (χ1v) is 3.80. The van der Waals surface area contributed by atoms with E-state index in [1.807, 2.05) is 6.07 Å². The van der Waals surface area contributed by atoms with E-state index in [2.05, 4.69) is 0 Å². The van der Waals surface area contributed by atoms with Gasteiger partial charge in [-0.1, -0.05) is 14.9 Å². The molecule has 0 aliphatic heterocycles. The van der Waals surface area contributed by atoms with Gasteiger partial charge >= 0.3 is 0 Å². The van der Waals surface area contributed by atoms with Crippen LogP contribution in [0.25, 0.3) is 0 Å². The van der Waals surface area contributed by atoms with Gasteiger partial charge in [-0.25, -0.2) is 0 Å². The number of hydrogen-bond donors (Lipinski definition) is 1. The first kappa shape index (κ1) is 15.7. The molecule has 1 aromatic rings.